The van der Waals surface area contributed by atoms with Crippen LogP contribution in [0.4, 0.5) is 20.2 Å². The van der Waals surface area contributed by atoms with E-state index < -0.39 is 18.4 Å². The number of nitriles is 2. The molecule has 6 aliphatic rings. The number of hydrogen-bond acceptors (Lipinski definition) is 19. The summed E-state index contributed by atoms with van der Waals surface area (Å²) in [5, 5.41) is 17.5. The van der Waals surface area contributed by atoms with Gasteiger partial charge in [-0.2, -0.15) is 10.5 Å². The fourth-order valence-electron chi connectivity index (χ4n) is 14.5. The van der Waals surface area contributed by atoms with Crippen molar-refractivity contribution in [2.75, 3.05) is 72.8 Å². The third-order valence-corrected chi connectivity index (χ3v) is 21.3. The first-order chi connectivity index (χ1) is 57.1. The Balaban J connectivity index is 0.000000352. The summed E-state index contributed by atoms with van der Waals surface area (Å²) < 4.78 is 41.7. The predicted molar refractivity (Wildman–Crippen MR) is 484 cm³/mol. The summed E-state index contributed by atoms with van der Waals surface area (Å²) >= 11 is 0. The van der Waals surface area contributed by atoms with Gasteiger partial charge in [0, 0.05) is 162 Å². The van der Waals surface area contributed by atoms with Crippen LogP contribution in [0.3, 0.4) is 0 Å². The Morgan fingerprint density at radius 3 is 1.59 bits per heavy atom. The summed E-state index contributed by atoms with van der Waals surface area (Å²) in [7, 11) is 1.77. The van der Waals surface area contributed by atoms with E-state index in [1.165, 1.54) is 5.56 Å². The van der Waals surface area contributed by atoms with Crippen molar-refractivity contribution in [3.05, 3.63) is 178 Å². The third-order valence-electron chi connectivity index (χ3n) is 21.3. The van der Waals surface area contributed by atoms with Crippen LogP contribution >= 0.6 is 0 Å². The van der Waals surface area contributed by atoms with Crippen molar-refractivity contribution in [3.63, 3.8) is 0 Å². The number of nitrogens with zero attached hydrogens (tertiary/aromatic N) is 9. The zero-order valence-corrected chi connectivity index (χ0v) is 76.1. The minimum Gasteiger partial charge on any atom is -0.454 e. The van der Waals surface area contributed by atoms with Gasteiger partial charge in [-0.25, -0.2) is 18.5 Å². The molecule has 666 valence electrons. The van der Waals surface area contributed by atoms with E-state index in [1.807, 2.05) is 111 Å². The van der Waals surface area contributed by atoms with Crippen molar-refractivity contribution in [3.8, 4) is 23.6 Å². The van der Waals surface area contributed by atoms with Gasteiger partial charge in [0.15, 0.2) is 46.0 Å². The molecule has 10 N–H and O–H groups in total. The average Bonchev–Trinajstić information content (AvgIpc) is 1.69. The van der Waals surface area contributed by atoms with Crippen molar-refractivity contribution in [1.29, 1.82) is 10.5 Å². The molecule has 0 radical (unpaired) electrons. The molecule has 1 amide bonds. The maximum Gasteiger partial charge on any atom is 0.231 e. The number of ketones is 4. The second kappa shape index (κ2) is 55.4. The topological polar surface area (TPSA) is 316 Å². The number of piperidine rings is 5. The molecule has 0 bridgehead atoms. The van der Waals surface area contributed by atoms with Crippen LogP contribution in [0, 0.1) is 59.5 Å². The number of Topliss-reactive ketones (excluding diaryl/α,β-unsaturated/α-hetero) is 4. The Morgan fingerprint density at radius 1 is 0.554 bits per heavy atom. The molecule has 5 aromatic rings. The second-order valence-corrected chi connectivity index (χ2v) is 35.6. The molecule has 121 heavy (non-hydrogen) atoms. The first-order valence-corrected chi connectivity index (χ1v) is 43.3. The summed E-state index contributed by atoms with van der Waals surface area (Å²) in [5.74, 6) is 3.99. The first-order valence-electron chi connectivity index (χ1n) is 43.3. The zero-order chi connectivity index (χ0) is 90.8. The number of methoxy groups -OCH3 is 1. The standard InChI is InChI=1S/C14H22N2.3C12H13NO.C12H14O3.C10H19N3.C9H20N2O.C8H16F2N2.C8H16N2O/c1-11(2)16-9-13(8-14(15)10-16)12-6-4-3-5-7-12;1-9(2)8-12(14)10-4-6-11(13-3)7-5-10;1-9(2)7-12(14)10-5-4-6-11(8-10)13-3;1-9(2)7-12(14)11-6-4-3-5-10(11)8-13;1-8(2)6-10(13)9-4-3-5-11-12(9)15-7-14-11;1-9(2)13-7-3-4-10(12,8-13)5-6-11;1-7(2)11-5-8(10)4-9(6-11)12-3;1-5(2)12-3-6(9)8(10)7(11)4-12;1-6(2)10-5-7(9)3-4-8(10)11/h3-7,11,13-14H,8-10,15H2,1-2H3;4-7,9H,8H2,1-2H3;4-6,8-9H,7H2,1-2H3;3-6,9H,7H2,1-2H3;3-5,8H,6-7H2,1-2H3;9H,3-5,7-8,12H2,1-2H3;7-9H,4-6,10H2,1-3H3;5-8H,3-4,11H2,1-2H3;6-7H,3-5,9H2,1-2H3. The molecular formula is C97H146F2N14O8. The van der Waals surface area contributed by atoms with Crippen LogP contribution in [0.2, 0.25) is 0 Å². The van der Waals surface area contributed by atoms with E-state index >= 15 is 0 Å². The maximum absolute atomic E-state index is 12.9. The third kappa shape index (κ3) is 39.6. The van der Waals surface area contributed by atoms with E-state index in [2.05, 4.69) is 102 Å². The lowest BCUT2D eigenvalue weighted by molar-refractivity contribution is -0.135. The number of para-hydroxylation sites is 1. The number of carbonyl (C=O) groups excluding carboxylic acids is 5. The Kier molecular flexibility index (Phi) is 48.7. The monoisotopic (exact) mass is 1670 g/mol. The minimum absolute atomic E-state index is 0.0529. The van der Waals surface area contributed by atoms with E-state index in [4.69, 9.17) is 66.5 Å². The lowest BCUT2D eigenvalue weighted by atomic mass is 9.87. The van der Waals surface area contributed by atoms with E-state index in [1.54, 1.807) is 86.0 Å². The SMILES string of the molecule is CC(C)CC(=O)c1cccc2c1OCO2.CC(C)CC(=O)c1ccccc1C#N.CC(C)N1CC(N)C(F)C(F)C1.CC(C)N1CC(N)CC(c2ccccc2)C1.CC(C)N1CC(N)CCC1=O.CC(C)N1CCCC(N)(CC#N)C1.COC1CC(N)CN(C(C)C)C1.[C-]#[N+]c1ccc(C(=O)CC(C)C)cc1.[C-]#[N+]c1cccc(C(=O)CC(C)C)c1. The molecule has 9 atom stereocenters. The summed E-state index contributed by atoms with van der Waals surface area (Å²) in [6, 6.07) is 43.4. The number of rotatable bonds is 20. The largest absolute Gasteiger partial charge is 0.454 e. The van der Waals surface area contributed by atoms with Gasteiger partial charge in [0.1, 0.15) is 12.3 Å². The molecule has 9 unspecified atom stereocenters. The number of amides is 1. The molecule has 0 aromatic heterocycles. The number of hydrogen-bond donors (Lipinski definition) is 5. The van der Waals surface area contributed by atoms with Crippen molar-refractivity contribution < 1.29 is 47.0 Å². The van der Waals surface area contributed by atoms with Gasteiger partial charge >= 0.3 is 0 Å². The first kappa shape index (κ1) is 106. The average molecular weight is 1670 g/mol. The Labute approximate surface area is 724 Å². The summed E-state index contributed by atoms with van der Waals surface area (Å²) in [6.45, 7) is 58.7. The molecular weight excluding hydrogens is 1530 g/mol. The fourth-order valence-corrected chi connectivity index (χ4v) is 14.5. The molecule has 11 rings (SSSR count). The quantitative estimate of drug-likeness (QED) is 0.0357. The number of fused-ring (bicyclic) bond motifs is 1. The number of nitrogens with two attached hydrogens (primary N) is 5. The molecule has 0 saturated carbocycles. The van der Waals surface area contributed by atoms with Gasteiger partial charge in [-0.3, -0.25) is 43.6 Å². The van der Waals surface area contributed by atoms with Gasteiger partial charge in [0.2, 0.25) is 12.7 Å². The van der Waals surface area contributed by atoms with Gasteiger partial charge in [0.05, 0.1) is 55.0 Å². The highest BCUT2D eigenvalue weighted by Crippen LogP contribution is 2.37. The number of alkyl halides is 2. The van der Waals surface area contributed by atoms with Crippen LogP contribution in [-0.2, 0) is 9.53 Å². The van der Waals surface area contributed by atoms with Crippen molar-refractivity contribution in [2.45, 2.75) is 280 Å². The van der Waals surface area contributed by atoms with Gasteiger partial charge < -0.3 is 47.8 Å². The summed E-state index contributed by atoms with van der Waals surface area (Å²) in [5.41, 5.74) is 34.6. The van der Waals surface area contributed by atoms with Crippen LogP contribution < -0.4 is 38.1 Å². The lowest BCUT2D eigenvalue weighted by Gasteiger charge is -2.41. The van der Waals surface area contributed by atoms with Gasteiger partial charge in [-0.05, 0) is 167 Å². The van der Waals surface area contributed by atoms with Crippen molar-refractivity contribution in [2.24, 2.45) is 52.3 Å². The highest BCUT2D eigenvalue weighted by Gasteiger charge is 2.37. The molecule has 24 heteroatoms. The smallest absolute Gasteiger partial charge is 0.231 e. The van der Waals surface area contributed by atoms with Crippen LogP contribution in [0.1, 0.15) is 254 Å². The van der Waals surface area contributed by atoms with Crippen LogP contribution in [-0.4, -0.2) is 205 Å². The Hall–Kier alpha value is -8.73. The van der Waals surface area contributed by atoms with Crippen LogP contribution in [0.15, 0.2) is 121 Å². The zero-order valence-electron chi connectivity index (χ0n) is 76.1. The molecule has 6 aliphatic heterocycles. The van der Waals surface area contributed by atoms with E-state index in [0.29, 0.717) is 162 Å². The number of likely N-dealkylation sites (tertiary alicyclic amines) is 5. The van der Waals surface area contributed by atoms with E-state index in [0.717, 1.165) is 77.9 Å². The molecule has 5 fully saturated rings. The van der Waals surface area contributed by atoms with Crippen molar-refractivity contribution >= 4 is 40.4 Å². The fraction of sp³-hybridized carbons (Fsp3) is 0.598. The molecule has 6 heterocycles. The van der Waals surface area contributed by atoms with Crippen molar-refractivity contribution in [1.82, 2.24) is 24.5 Å². The summed E-state index contributed by atoms with van der Waals surface area (Å²) in [6.07, 6.45) is 5.76. The molecule has 5 saturated heterocycles. The molecule has 0 aliphatic carbocycles. The number of benzene rings is 5. The highest BCUT2D eigenvalue weighted by atomic mass is 19.2. The summed E-state index contributed by atoms with van der Waals surface area (Å²) in [4.78, 5) is 75.5. The predicted octanol–water partition coefficient (Wildman–Crippen LogP) is 17.2. The Morgan fingerprint density at radius 2 is 1.07 bits per heavy atom. The number of ether oxygens (including phenoxy) is 3. The minimum atomic E-state index is -1.49. The molecule has 0 spiro atoms. The van der Waals surface area contributed by atoms with Gasteiger partial charge in [0.25, 0.3) is 0 Å². The van der Waals surface area contributed by atoms with Gasteiger partial charge in [-0.1, -0.05) is 152 Å². The lowest BCUT2D eigenvalue weighted by Crippen LogP contribution is -2.57. The van der Waals surface area contributed by atoms with Crippen LogP contribution in [0.25, 0.3) is 9.69 Å². The van der Waals surface area contributed by atoms with Crippen LogP contribution in [0.5, 0.6) is 11.5 Å². The second-order valence-electron chi connectivity index (χ2n) is 35.6. The molecule has 5 aromatic carbocycles. The van der Waals surface area contributed by atoms with E-state index in [-0.39, 0.29) is 66.0 Å². The maximum atomic E-state index is 12.9. The normalized spacial score (nSPS) is 21.4. The number of halogens is 2. The van der Waals surface area contributed by atoms with E-state index in [9.17, 15) is 32.8 Å². The Bertz CT molecular complexity index is 4050. The number of carbonyl (C=O) groups is 5. The van der Waals surface area contributed by atoms with Gasteiger partial charge in [-0.15, -0.1) is 0 Å². The highest BCUT2D eigenvalue weighted by molar-refractivity contribution is 6.00. The molecule has 22 nitrogen and oxygen atoms in total.